The smallest absolute Gasteiger partial charge is 0.319 e. The summed E-state index contributed by atoms with van der Waals surface area (Å²) >= 11 is 1.48. The van der Waals surface area contributed by atoms with Crippen LogP contribution in [0.5, 0.6) is 0 Å². The number of thiazole rings is 1. The number of nitrogens with one attached hydrogen (secondary N) is 2. The predicted octanol–water partition coefficient (Wildman–Crippen LogP) is 3.78. The van der Waals surface area contributed by atoms with Crippen LogP contribution in [0.1, 0.15) is 35.4 Å². The number of fused-ring (bicyclic) bond motifs is 1. The molecule has 7 heteroatoms. The number of aryl methyl sites for hydroxylation is 1. The first-order valence-electron chi connectivity index (χ1n) is 9.01. The van der Waals surface area contributed by atoms with Crippen molar-refractivity contribution in [3.63, 3.8) is 0 Å². The van der Waals surface area contributed by atoms with Gasteiger partial charge < -0.3 is 15.5 Å². The van der Waals surface area contributed by atoms with Crippen LogP contribution in [-0.2, 0) is 17.8 Å². The number of benzene rings is 1. The molecule has 1 aliphatic heterocycles. The molecule has 0 spiro atoms. The van der Waals surface area contributed by atoms with Gasteiger partial charge in [0, 0.05) is 29.4 Å². The molecular weight excluding hydrogens is 348 g/mol. The van der Waals surface area contributed by atoms with E-state index in [9.17, 15) is 9.59 Å². The third-order valence-corrected chi connectivity index (χ3v) is 6.11. The molecule has 0 bridgehead atoms. The number of nitrogens with zero attached hydrogens (tertiary/aromatic N) is 2. The van der Waals surface area contributed by atoms with Gasteiger partial charge in [0.1, 0.15) is 0 Å². The number of hydrogen-bond donors (Lipinski definition) is 2. The second-order valence-corrected chi connectivity index (χ2v) is 8.01. The second kappa shape index (κ2) is 7.07. The predicted molar refractivity (Wildman–Crippen MR) is 102 cm³/mol. The molecule has 4 rings (SSSR count). The van der Waals surface area contributed by atoms with Crippen LogP contribution < -0.4 is 10.6 Å². The van der Waals surface area contributed by atoms with Gasteiger partial charge in [-0.25, -0.2) is 9.78 Å². The largest absolute Gasteiger partial charge is 0.322 e. The fraction of sp³-hybridized carbons (Fsp3) is 0.421. The molecule has 1 aromatic heterocycles. The van der Waals surface area contributed by atoms with Crippen molar-refractivity contribution >= 4 is 34.1 Å². The van der Waals surface area contributed by atoms with E-state index in [1.807, 2.05) is 31.2 Å². The molecule has 1 saturated carbocycles. The van der Waals surface area contributed by atoms with Gasteiger partial charge >= 0.3 is 6.03 Å². The summed E-state index contributed by atoms with van der Waals surface area (Å²) in [6.07, 6.45) is 3.80. The highest BCUT2D eigenvalue weighted by Gasteiger charge is 2.28. The van der Waals surface area contributed by atoms with E-state index < -0.39 is 0 Å². The molecule has 2 N–H and O–H groups in total. The molecular formula is C19H22N4O2S. The van der Waals surface area contributed by atoms with Gasteiger partial charge in [-0.1, -0.05) is 36.0 Å². The summed E-state index contributed by atoms with van der Waals surface area (Å²) in [5, 5.41) is 6.58. The van der Waals surface area contributed by atoms with E-state index in [2.05, 4.69) is 15.6 Å². The minimum atomic E-state index is -0.0987. The van der Waals surface area contributed by atoms with Crippen LogP contribution in [-0.4, -0.2) is 28.4 Å². The molecule has 1 aromatic carbocycles. The summed E-state index contributed by atoms with van der Waals surface area (Å²) in [5.74, 6) is 0.226. The zero-order valence-corrected chi connectivity index (χ0v) is 15.6. The minimum Gasteiger partial charge on any atom is -0.319 e. The van der Waals surface area contributed by atoms with E-state index in [1.165, 1.54) is 11.3 Å². The lowest BCUT2D eigenvalue weighted by molar-refractivity contribution is -0.122. The van der Waals surface area contributed by atoms with E-state index in [0.29, 0.717) is 24.6 Å². The lowest BCUT2D eigenvalue weighted by atomic mass is 9.85. The third-order valence-electron chi connectivity index (χ3n) is 5.11. The first-order valence-corrected chi connectivity index (χ1v) is 9.83. The van der Waals surface area contributed by atoms with Gasteiger partial charge in [-0.05, 0) is 31.4 Å². The van der Waals surface area contributed by atoms with Crippen molar-refractivity contribution < 1.29 is 9.59 Å². The molecule has 2 heterocycles. The Morgan fingerprint density at radius 1 is 1.23 bits per heavy atom. The van der Waals surface area contributed by atoms with Crippen molar-refractivity contribution in [2.75, 3.05) is 17.2 Å². The average Bonchev–Trinajstić information content (AvgIpc) is 2.96. The van der Waals surface area contributed by atoms with Gasteiger partial charge in [-0.3, -0.25) is 4.79 Å². The Balaban J connectivity index is 1.40. The highest BCUT2D eigenvalue weighted by Crippen LogP contribution is 2.31. The highest BCUT2D eigenvalue weighted by atomic mass is 32.1. The van der Waals surface area contributed by atoms with E-state index >= 15 is 0 Å². The van der Waals surface area contributed by atoms with Gasteiger partial charge in [-0.2, -0.15) is 0 Å². The number of urea groups is 1. The van der Waals surface area contributed by atoms with Gasteiger partial charge in [0.25, 0.3) is 0 Å². The Bertz CT molecular complexity index is 844. The zero-order valence-electron chi connectivity index (χ0n) is 14.7. The normalized spacial score (nSPS) is 16.6. The van der Waals surface area contributed by atoms with Crippen LogP contribution in [0.2, 0.25) is 0 Å². The summed E-state index contributed by atoms with van der Waals surface area (Å²) in [7, 11) is 0. The zero-order chi connectivity index (χ0) is 18.1. The van der Waals surface area contributed by atoms with E-state index in [4.69, 9.17) is 0 Å². The monoisotopic (exact) mass is 370 g/mol. The van der Waals surface area contributed by atoms with Gasteiger partial charge in [0.05, 0.1) is 12.2 Å². The molecule has 0 unspecified atom stereocenters. The van der Waals surface area contributed by atoms with Gasteiger partial charge in [0.2, 0.25) is 5.91 Å². The summed E-state index contributed by atoms with van der Waals surface area (Å²) < 4.78 is 0. The Labute approximate surface area is 156 Å². The first-order chi connectivity index (χ1) is 12.6. The maximum atomic E-state index is 12.6. The Kier molecular flexibility index (Phi) is 4.63. The number of carbonyl (C=O) groups is 2. The van der Waals surface area contributed by atoms with Crippen molar-refractivity contribution in [3.8, 4) is 0 Å². The quantitative estimate of drug-likeness (QED) is 0.863. The van der Waals surface area contributed by atoms with Crippen LogP contribution in [0.4, 0.5) is 15.6 Å². The van der Waals surface area contributed by atoms with Crippen LogP contribution in [0, 0.1) is 12.8 Å². The standard InChI is InChI=1S/C19H22N4O2S/c1-12-5-2-3-8-14(12)21-19(25)23-10-9-15-16(11-23)26-18(20-15)22-17(24)13-6-4-7-13/h2-3,5,8,13H,4,6-7,9-11H2,1H3,(H,21,25)(H,20,22,24). The van der Waals surface area contributed by atoms with Crippen LogP contribution in [0.25, 0.3) is 0 Å². The molecule has 1 aliphatic carbocycles. The Hall–Kier alpha value is -2.41. The number of carbonyl (C=O) groups excluding carboxylic acids is 2. The van der Waals surface area contributed by atoms with Crippen molar-refractivity contribution in [1.82, 2.24) is 9.88 Å². The molecule has 0 saturated heterocycles. The van der Waals surface area contributed by atoms with E-state index in [-0.39, 0.29) is 17.9 Å². The molecule has 0 radical (unpaired) electrons. The fourth-order valence-corrected chi connectivity index (χ4v) is 4.23. The SMILES string of the molecule is Cc1ccccc1NC(=O)N1CCc2nc(NC(=O)C3CCC3)sc2C1. The fourth-order valence-electron chi connectivity index (χ4n) is 3.21. The topological polar surface area (TPSA) is 74.3 Å². The lowest BCUT2D eigenvalue weighted by Gasteiger charge is -2.26. The lowest BCUT2D eigenvalue weighted by Crippen LogP contribution is -2.38. The molecule has 2 aromatic rings. The van der Waals surface area contributed by atoms with Crippen LogP contribution in [0.15, 0.2) is 24.3 Å². The van der Waals surface area contributed by atoms with Crippen molar-refractivity contribution in [3.05, 3.63) is 40.4 Å². The molecule has 1 fully saturated rings. The summed E-state index contributed by atoms with van der Waals surface area (Å²) in [6, 6.07) is 7.65. The van der Waals surface area contributed by atoms with Crippen molar-refractivity contribution in [2.45, 2.75) is 39.2 Å². The van der Waals surface area contributed by atoms with E-state index in [0.717, 1.165) is 41.1 Å². The van der Waals surface area contributed by atoms with E-state index in [1.54, 1.807) is 4.90 Å². The number of rotatable bonds is 3. The Morgan fingerprint density at radius 2 is 2.04 bits per heavy atom. The first kappa shape index (κ1) is 17.0. The minimum absolute atomic E-state index is 0.0801. The molecule has 3 amide bonds. The summed E-state index contributed by atoms with van der Waals surface area (Å²) in [6.45, 7) is 3.14. The molecule has 26 heavy (non-hydrogen) atoms. The van der Waals surface area contributed by atoms with Crippen molar-refractivity contribution in [1.29, 1.82) is 0 Å². The number of amides is 3. The van der Waals surface area contributed by atoms with Crippen molar-refractivity contribution in [2.24, 2.45) is 5.92 Å². The molecule has 0 atom stereocenters. The van der Waals surface area contributed by atoms with Crippen LogP contribution in [0.3, 0.4) is 0 Å². The number of hydrogen-bond acceptors (Lipinski definition) is 4. The van der Waals surface area contributed by atoms with Crippen LogP contribution >= 0.6 is 11.3 Å². The number of aromatic nitrogens is 1. The maximum Gasteiger partial charge on any atom is 0.322 e. The summed E-state index contributed by atoms with van der Waals surface area (Å²) in [5.41, 5.74) is 2.87. The van der Waals surface area contributed by atoms with Gasteiger partial charge in [-0.15, -0.1) is 0 Å². The maximum absolute atomic E-state index is 12.6. The average molecular weight is 370 g/mol. The molecule has 2 aliphatic rings. The highest BCUT2D eigenvalue weighted by molar-refractivity contribution is 7.15. The number of para-hydroxylation sites is 1. The van der Waals surface area contributed by atoms with Gasteiger partial charge in [0.15, 0.2) is 5.13 Å². The number of anilines is 2. The molecule has 6 nitrogen and oxygen atoms in total. The summed E-state index contributed by atoms with van der Waals surface area (Å²) in [4.78, 5) is 32.1. The Morgan fingerprint density at radius 3 is 2.77 bits per heavy atom. The second-order valence-electron chi connectivity index (χ2n) is 6.92. The third kappa shape index (κ3) is 3.44. The molecule has 136 valence electrons.